The lowest BCUT2D eigenvalue weighted by molar-refractivity contribution is -0.114. The van der Waals surface area contributed by atoms with Gasteiger partial charge in [0.2, 0.25) is 5.91 Å². The molecule has 10 heteroatoms. The summed E-state index contributed by atoms with van der Waals surface area (Å²) >= 11 is 0. The number of carbonyl (C=O) groups is 1. The van der Waals surface area contributed by atoms with Crippen LogP contribution in [0.4, 0.5) is 5.82 Å². The molecule has 3 N–H and O–H groups in total. The Labute approximate surface area is 154 Å². The van der Waals surface area contributed by atoms with Crippen LogP contribution in [0, 0.1) is 0 Å². The van der Waals surface area contributed by atoms with Crippen molar-refractivity contribution < 1.29 is 27.6 Å². The van der Waals surface area contributed by atoms with Gasteiger partial charge >= 0.3 is 0 Å². The summed E-state index contributed by atoms with van der Waals surface area (Å²) in [6, 6.07) is 12.4. The van der Waals surface area contributed by atoms with Gasteiger partial charge in [-0.2, -0.15) is 8.42 Å². The molecule has 0 radical (unpaired) electrons. The molecular weight excluding hydrogens is 374 g/mol. The molecule has 0 aliphatic carbocycles. The molecule has 3 aromatic rings. The third kappa shape index (κ3) is 4.25. The van der Waals surface area contributed by atoms with Gasteiger partial charge in [-0.05, 0) is 30.3 Å². The molecule has 3 rings (SSSR count). The van der Waals surface area contributed by atoms with Gasteiger partial charge in [0.05, 0.1) is 11.9 Å². The van der Waals surface area contributed by atoms with Gasteiger partial charge in [-0.3, -0.25) is 9.35 Å². The van der Waals surface area contributed by atoms with Gasteiger partial charge in [0.25, 0.3) is 10.1 Å². The SMILES string of the molecule is CC(=O)Nc1nn(-c2ccc(Oc3ccccc3)c(S(=O)(=O)O)c2)cc1O. The molecule has 27 heavy (non-hydrogen) atoms. The monoisotopic (exact) mass is 389 g/mol. The van der Waals surface area contributed by atoms with Crippen LogP contribution in [-0.4, -0.2) is 33.8 Å². The first-order valence-corrected chi connectivity index (χ1v) is 9.09. The number of aromatic nitrogens is 2. The molecule has 0 spiro atoms. The van der Waals surface area contributed by atoms with Crippen molar-refractivity contribution in [1.29, 1.82) is 0 Å². The van der Waals surface area contributed by atoms with E-state index in [0.717, 1.165) is 10.7 Å². The summed E-state index contributed by atoms with van der Waals surface area (Å²) in [6.07, 6.45) is 1.19. The summed E-state index contributed by atoms with van der Waals surface area (Å²) in [6.45, 7) is 1.25. The van der Waals surface area contributed by atoms with E-state index in [4.69, 9.17) is 4.74 Å². The average molecular weight is 389 g/mol. The molecule has 0 bridgehead atoms. The average Bonchev–Trinajstić information content (AvgIpc) is 2.95. The van der Waals surface area contributed by atoms with Gasteiger partial charge in [0.15, 0.2) is 11.6 Å². The van der Waals surface area contributed by atoms with E-state index in [1.807, 2.05) is 0 Å². The van der Waals surface area contributed by atoms with Gasteiger partial charge in [-0.1, -0.05) is 18.2 Å². The van der Waals surface area contributed by atoms with E-state index >= 15 is 0 Å². The topological polar surface area (TPSA) is 131 Å². The smallest absolute Gasteiger partial charge is 0.298 e. The van der Waals surface area contributed by atoms with E-state index in [0.29, 0.717) is 5.75 Å². The number of ether oxygens (including phenoxy) is 1. The molecule has 0 atom stereocenters. The number of amides is 1. The zero-order chi connectivity index (χ0) is 19.6. The summed E-state index contributed by atoms with van der Waals surface area (Å²) in [5, 5.41) is 16.1. The molecule has 0 fully saturated rings. The number of nitrogens with one attached hydrogen (secondary N) is 1. The minimum Gasteiger partial charge on any atom is -0.503 e. The fourth-order valence-electron chi connectivity index (χ4n) is 2.29. The van der Waals surface area contributed by atoms with E-state index in [1.165, 1.54) is 25.3 Å². The zero-order valence-corrected chi connectivity index (χ0v) is 14.8. The Bertz CT molecular complexity index is 1090. The predicted octanol–water partition coefficient (Wildman–Crippen LogP) is 2.58. The van der Waals surface area contributed by atoms with Crippen LogP contribution in [0.3, 0.4) is 0 Å². The first kappa shape index (κ1) is 18.4. The second-order valence-electron chi connectivity index (χ2n) is 5.51. The van der Waals surface area contributed by atoms with Crippen molar-refractivity contribution in [2.75, 3.05) is 5.32 Å². The predicted molar refractivity (Wildman–Crippen MR) is 95.9 cm³/mol. The summed E-state index contributed by atoms with van der Waals surface area (Å²) in [7, 11) is -4.60. The fourth-order valence-corrected chi connectivity index (χ4v) is 2.93. The van der Waals surface area contributed by atoms with Crippen LogP contribution in [0.25, 0.3) is 5.69 Å². The maximum Gasteiger partial charge on any atom is 0.298 e. The number of nitrogens with zero attached hydrogens (tertiary/aromatic N) is 2. The molecule has 9 nitrogen and oxygen atoms in total. The Balaban J connectivity index is 2.03. The van der Waals surface area contributed by atoms with Crippen LogP contribution in [0.15, 0.2) is 59.6 Å². The van der Waals surface area contributed by atoms with E-state index in [-0.39, 0.29) is 23.0 Å². The maximum atomic E-state index is 11.8. The quantitative estimate of drug-likeness (QED) is 0.572. The molecule has 140 valence electrons. The van der Waals surface area contributed by atoms with E-state index in [1.54, 1.807) is 30.3 Å². The van der Waals surface area contributed by atoms with Crippen LogP contribution >= 0.6 is 0 Å². The molecule has 0 aliphatic rings. The fraction of sp³-hybridized carbons (Fsp3) is 0.0588. The number of carbonyl (C=O) groups excluding carboxylic acids is 1. The number of aromatic hydroxyl groups is 1. The Morgan fingerprint density at radius 1 is 1.19 bits per heavy atom. The third-order valence-electron chi connectivity index (χ3n) is 3.43. The highest BCUT2D eigenvalue weighted by Gasteiger charge is 2.20. The summed E-state index contributed by atoms with van der Waals surface area (Å²) in [5.74, 6) is -0.504. The van der Waals surface area contributed by atoms with Gasteiger partial charge < -0.3 is 15.2 Å². The van der Waals surface area contributed by atoms with Crippen molar-refractivity contribution in [2.24, 2.45) is 0 Å². The van der Waals surface area contributed by atoms with Crippen LogP contribution < -0.4 is 10.1 Å². The number of anilines is 1. The Hall–Kier alpha value is -3.37. The van der Waals surface area contributed by atoms with Gasteiger partial charge in [-0.25, -0.2) is 4.68 Å². The van der Waals surface area contributed by atoms with Crippen molar-refractivity contribution in [3.63, 3.8) is 0 Å². The normalized spacial score (nSPS) is 11.2. The van der Waals surface area contributed by atoms with Gasteiger partial charge in [0, 0.05) is 6.92 Å². The highest BCUT2D eigenvalue weighted by Crippen LogP contribution is 2.31. The second-order valence-corrected chi connectivity index (χ2v) is 6.90. The largest absolute Gasteiger partial charge is 0.503 e. The van der Waals surface area contributed by atoms with Crippen LogP contribution in [0.5, 0.6) is 17.2 Å². The molecule has 0 saturated heterocycles. The van der Waals surface area contributed by atoms with Crippen LogP contribution in [0.1, 0.15) is 6.92 Å². The Kier molecular flexibility index (Phi) is 4.84. The van der Waals surface area contributed by atoms with E-state index in [9.17, 15) is 22.9 Å². The molecule has 1 aromatic heterocycles. The number of rotatable bonds is 5. The lowest BCUT2D eigenvalue weighted by Crippen LogP contribution is -2.07. The number of hydrogen-bond acceptors (Lipinski definition) is 6. The van der Waals surface area contributed by atoms with Crippen molar-refractivity contribution in [1.82, 2.24) is 9.78 Å². The second kappa shape index (κ2) is 7.09. The lowest BCUT2D eigenvalue weighted by Gasteiger charge is -2.11. The number of hydrogen-bond donors (Lipinski definition) is 3. The summed E-state index contributed by atoms with van der Waals surface area (Å²) in [4.78, 5) is 10.6. The molecule has 0 saturated carbocycles. The highest BCUT2D eigenvalue weighted by molar-refractivity contribution is 7.86. The van der Waals surface area contributed by atoms with Crippen molar-refractivity contribution in [3.8, 4) is 22.9 Å². The van der Waals surface area contributed by atoms with Crippen LogP contribution in [-0.2, 0) is 14.9 Å². The van der Waals surface area contributed by atoms with E-state index in [2.05, 4.69) is 10.4 Å². The highest BCUT2D eigenvalue weighted by atomic mass is 32.2. The molecule has 1 heterocycles. The number of benzene rings is 2. The molecule has 0 unspecified atom stereocenters. The van der Waals surface area contributed by atoms with Gasteiger partial charge in [-0.15, -0.1) is 5.10 Å². The maximum absolute atomic E-state index is 11.8. The zero-order valence-electron chi connectivity index (χ0n) is 14.0. The van der Waals surface area contributed by atoms with Gasteiger partial charge in [0.1, 0.15) is 16.4 Å². The van der Waals surface area contributed by atoms with E-state index < -0.39 is 20.9 Å². The first-order valence-electron chi connectivity index (χ1n) is 7.65. The van der Waals surface area contributed by atoms with Crippen LogP contribution in [0.2, 0.25) is 0 Å². The molecule has 2 aromatic carbocycles. The molecule has 1 amide bonds. The first-order chi connectivity index (χ1) is 12.7. The minimum absolute atomic E-state index is 0.0779. The molecule has 0 aliphatic heterocycles. The minimum atomic E-state index is -4.60. The van der Waals surface area contributed by atoms with Crippen molar-refractivity contribution in [3.05, 3.63) is 54.7 Å². The lowest BCUT2D eigenvalue weighted by atomic mass is 10.3. The Morgan fingerprint density at radius 3 is 2.52 bits per heavy atom. The number of para-hydroxylation sites is 1. The van der Waals surface area contributed by atoms with Crippen molar-refractivity contribution >= 4 is 21.8 Å². The van der Waals surface area contributed by atoms with Crippen molar-refractivity contribution in [2.45, 2.75) is 11.8 Å². The third-order valence-corrected chi connectivity index (χ3v) is 4.30. The summed E-state index contributed by atoms with van der Waals surface area (Å²) in [5.41, 5.74) is 0.218. The standard InChI is InChI=1S/C17H15N3O6S/c1-11(21)18-17-14(22)10-20(19-17)12-7-8-15(16(9-12)27(23,24)25)26-13-5-3-2-4-6-13/h2-10,22H,1H3,(H,18,19,21)(H,23,24,25). The Morgan fingerprint density at radius 2 is 1.89 bits per heavy atom. The molecular formula is C17H15N3O6S. The summed E-state index contributed by atoms with van der Waals surface area (Å²) < 4.78 is 39.8.